The second-order valence-electron chi connectivity index (χ2n) is 17.0. The number of ether oxygens (including phenoxy) is 4. The van der Waals surface area contributed by atoms with Crippen LogP contribution in [-0.4, -0.2) is 90.7 Å². The molecule has 8 heteroatoms. The molecule has 0 amide bonds. The van der Waals surface area contributed by atoms with Crippen LogP contribution in [-0.2, 0) is 23.7 Å². The molecule has 3 saturated heterocycles. The van der Waals surface area contributed by atoms with Crippen LogP contribution in [0.3, 0.4) is 0 Å². The highest BCUT2D eigenvalue weighted by atomic mass is 16.7. The molecule has 4 unspecified atom stereocenters. The zero-order valence-corrected chi connectivity index (χ0v) is 26.3. The van der Waals surface area contributed by atoms with Crippen LogP contribution in [0, 0.1) is 50.7 Å². The summed E-state index contributed by atoms with van der Waals surface area (Å²) in [5.41, 5.74) is 0.361. The molecule has 8 rings (SSSR count). The van der Waals surface area contributed by atoms with Crippen LogP contribution in [0.25, 0.3) is 0 Å². The molecule has 8 fully saturated rings. The number of aliphatic carboxylic acids is 1. The van der Waals surface area contributed by atoms with Crippen LogP contribution < -0.4 is 0 Å². The first-order valence-electron chi connectivity index (χ1n) is 17.0. The first-order chi connectivity index (χ1) is 19.9. The Labute approximate surface area is 251 Å². The second kappa shape index (κ2) is 9.16. The Morgan fingerprint density at radius 2 is 1.74 bits per heavy atom. The number of fused-ring (bicyclic) bond motifs is 4. The largest absolute Gasteiger partial charge is 0.479 e. The molecule has 8 aliphatic rings. The third-order valence-electron chi connectivity index (χ3n) is 15.5. The van der Waals surface area contributed by atoms with E-state index in [4.69, 9.17) is 18.9 Å². The van der Waals surface area contributed by atoms with Crippen molar-refractivity contribution in [1.82, 2.24) is 4.90 Å². The van der Waals surface area contributed by atoms with E-state index in [1.54, 1.807) is 0 Å². The van der Waals surface area contributed by atoms with E-state index in [1.165, 1.54) is 25.7 Å². The van der Waals surface area contributed by atoms with E-state index < -0.39 is 18.2 Å². The van der Waals surface area contributed by atoms with Gasteiger partial charge in [-0.05, 0) is 96.7 Å². The molecule has 3 aliphatic heterocycles. The average molecular weight is 588 g/mol. The van der Waals surface area contributed by atoms with Gasteiger partial charge in [-0.3, -0.25) is 4.90 Å². The van der Waals surface area contributed by atoms with Crippen molar-refractivity contribution in [1.29, 1.82) is 0 Å². The average Bonchev–Trinajstić information content (AvgIpc) is 3.54. The highest BCUT2D eigenvalue weighted by Gasteiger charge is 2.84. The summed E-state index contributed by atoms with van der Waals surface area (Å²) < 4.78 is 24.7. The van der Waals surface area contributed by atoms with Crippen LogP contribution in [0.15, 0.2) is 0 Å². The number of aliphatic hydroxyl groups excluding tert-OH is 1. The summed E-state index contributed by atoms with van der Waals surface area (Å²) >= 11 is 0. The molecule has 3 heterocycles. The summed E-state index contributed by atoms with van der Waals surface area (Å²) in [6.45, 7) is 16.1. The number of rotatable bonds is 4. The Hall–Kier alpha value is -0.770. The number of carboxylic acid groups (broad SMARTS) is 1. The van der Waals surface area contributed by atoms with Gasteiger partial charge in [-0.2, -0.15) is 0 Å². The summed E-state index contributed by atoms with van der Waals surface area (Å²) in [5, 5.41) is 22.0. The fourth-order valence-electron chi connectivity index (χ4n) is 13.3. The lowest BCUT2D eigenvalue weighted by Crippen LogP contribution is -2.60. The van der Waals surface area contributed by atoms with E-state index in [2.05, 4.69) is 39.5 Å². The van der Waals surface area contributed by atoms with Gasteiger partial charge in [0.05, 0.1) is 50.7 Å². The van der Waals surface area contributed by atoms with E-state index in [1.807, 2.05) is 0 Å². The van der Waals surface area contributed by atoms with Crippen molar-refractivity contribution in [3.05, 3.63) is 0 Å². The third-order valence-corrected chi connectivity index (χ3v) is 15.5. The Morgan fingerprint density at radius 3 is 2.45 bits per heavy atom. The van der Waals surface area contributed by atoms with E-state index in [0.29, 0.717) is 29.7 Å². The molecule has 0 aromatic rings. The lowest BCUT2D eigenvalue weighted by molar-refractivity contribution is -0.256. The van der Waals surface area contributed by atoms with Gasteiger partial charge in [0.25, 0.3) is 0 Å². The zero-order valence-electron chi connectivity index (χ0n) is 26.3. The fraction of sp³-hybridized carbons (Fsp3) is 0.971. The number of hydrogen-bond acceptors (Lipinski definition) is 7. The van der Waals surface area contributed by atoms with Gasteiger partial charge in [0, 0.05) is 12.0 Å². The number of morpholine rings is 1. The van der Waals surface area contributed by atoms with Crippen LogP contribution in [0.5, 0.6) is 0 Å². The van der Waals surface area contributed by atoms with Crippen LogP contribution in [0.4, 0.5) is 0 Å². The highest BCUT2D eigenvalue weighted by molar-refractivity contribution is 5.72. The van der Waals surface area contributed by atoms with Gasteiger partial charge in [-0.15, -0.1) is 0 Å². The minimum Gasteiger partial charge on any atom is -0.479 e. The van der Waals surface area contributed by atoms with E-state index in [9.17, 15) is 15.0 Å². The van der Waals surface area contributed by atoms with Gasteiger partial charge in [-0.1, -0.05) is 34.6 Å². The van der Waals surface area contributed by atoms with E-state index in [-0.39, 0.29) is 52.0 Å². The molecule has 2 N–H and O–H groups in total. The SMILES string of the molecule is C[C@@H]1CC(C(=O)O)OC2C1[C@@]1(C)CC[C@@]34C[C@@]35CC[C@H](OC3CN(C6COC6)CCO3)C(C)(C)[C@@H]5CC[C@H]4[C@]1(C)[C@H]2O. The number of nitrogens with zero attached hydrogens (tertiary/aromatic N) is 1. The number of carboxylic acids is 1. The maximum atomic E-state index is 12.2. The monoisotopic (exact) mass is 587 g/mol. The minimum atomic E-state index is -0.889. The number of aliphatic hydroxyl groups is 1. The first kappa shape index (κ1) is 28.7. The molecule has 0 radical (unpaired) electrons. The van der Waals surface area contributed by atoms with Gasteiger partial charge in [0.1, 0.15) is 0 Å². The summed E-state index contributed by atoms with van der Waals surface area (Å²) in [6.07, 6.45) is 6.99. The normalized spacial score (nSPS) is 56.7. The maximum Gasteiger partial charge on any atom is 0.332 e. The molecule has 2 spiro atoms. The highest BCUT2D eigenvalue weighted by Crippen LogP contribution is 2.89. The fourth-order valence-corrected chi connectivity index (χ4v) is 13.3. The van der Waals surface area contributed by atoms with Crippen LogP contribution in [0.2, 0.25) is 0 Å². The van der Waals surface area contributed by atoms with Gasteiger partial charge in [0.2, 0.25) is 0 Å². The molecule has 42 heavy (non-hydrogen) atoms. The van der Waals surface area contributed by atoms with Gasteiger partial charge < -0.3 is 29.2 Å². The molecule has 0 bridgehead atoms. The molecular weight excluding hydrogens is 534 g/mol. The van der Waals surface area contributed by atoms with E-state index >= 15 is 0 Å². The van der Waals surface area contributed by atoms with Gasteiger partial charge in [-0.25, -0.2) is 4.79 Å². The minimum absolute atomic E-state index is 0.0436. The van der Waals surface area contributed by atoms with Crippen molar-refractivity contribution in [3.8, 4) is 0 Å². The summed E-state index contributed by atoms with van der Waals surface area (Å²) in [6, 6.07) is 0.515. The molecular formula is C34H53NO7. The molecule has 0 aromatic carbocycles. The molecule has 236 valence electrons. The summed E-state index contributed by atoms with van der Waals surface area (Å²) in [5.74, 6) is 0.611. The molecule has 0 aromatic heterocycles. The zero-order chi connectivity index (χ0) is 29.4. The number of hydrogen-bond donors (Lipinski definition) is 2. The third kappa shape index (κ3) is 3.43. The van der Waals surface area contributed by atoms with Crippen LogP contribution >= 0.6 is 0 Å². The Morgan fingerprint density at radius 1 is 1.00 bits per heavy atom. The standard InChI is InChI=1S/C34H53NO7/c1-19-14-21(29(37)38)41-27-26(19)31(4)10-11-34-18-33(34)9-8-24(42-25-15-35(12-13-40-25)20-16-39-17-20)30(2,3)22(33)6-7-23(34)32(31,5)28(27)36/h19-28,36H,6-18H2,1-5H3,(H,37,38)/t19-,21?,22+,23+,24+,25?,26?,27?,28+,31-,32-,33-,34+/m1/s1. The summed E-state index contributed by atoms with van der Waals surface area (Å²) in [7, 11) is 0. The maximum absolute atomic E-state index is 12.2. The molecule has 5 saturated carbocycles. The van der Waals surface area contributed by atoms with Crippen molar-refractivity contribution in [3.63, 3.8) is 0 Å². The molecule has 8 nitrogen and oxygen atoms in total. The van der Waals surface area contributed by atoms with Crippen LogP contribution in [0.1, 0.15) is 86.0 Å². The summed E-state index contributed by atoms with van der Waals surface area (Å²) in [4.78, 5) is 14.4. The first-order valence-corrected chi connectivity index (χ1v) is 17.0. The Kier molecular flexibility index (Phi) is 6.25. The van der Waals surface area contributed by atoms with Crippen molar-refractivity contribution in [2.75, 3.05) is 32.9 Å². The molecule has 5 aliphatic carbocycles. The Bertz CT molecular complexity index is 1130. The van der Waals surface area contributed by atoms with E-state index in [0.717, 1.165) is 52.2 Å². The number of carbonyl (C=O) groups is 1. The van der Waals surface area contributed by atoms with Crippen molar-refractivity contribution >= 4 is 5.97 Å². The topological polar surface area (TPSA) is 97.7 Å². The Balaban J connectivity index is 1.04. The van der Waals surface area contributed by atoms with Gasteiger partial charge in [0.15, 0.2) is 12.4 Å². The van der Waals surface area contributed by atoms with Crippen molar-refractivity contribution < 1.29 is 34.0 Å². The predicted molar refractivity (Wildman–Crippen MR) is 155 cm³/mol. The lowest BCUT2D eigenvalue weighted by atomic mass is 9.41. The quantitative estimate of drug-likeness (QED) is 0.502. The predicted octanol–water partition coefficient (Wildman–Crippen LogP) is 4.33. The van der Waals surface area contributed by atoms with Crippen molar-refractivity contribution in [2.24, 2.45) is 50.7 Å². The lowest BCUT2D eigenvalue weighted by Gasteiger charge is -2.64. The molecule has 13 atom stereocenters. The smallest absolute Gasteiger partial charge is 0.332 e. The van der Waals surface area contributed by atoms with Gasteiger partial charge >= 0.3 is 5.97 Å². The second-order valence-corrected chi connectivity index (χ2v) is 17.0. The van der Waals surface area contributed by atoms with Crippen molar-refractivity contribution in [2.45, 2.75) is 123 Å².